The topological polar surface area (TPSA) is 87.2 Å². The zero-order chi connectivity index (χ0) is 15.7. The van der Waals surface area contributed by atoms with Crippen molar-refractivity contribution in [3.63, 3.8) is 0 Å². The van der Waals surface area contributed by atoms with E-state index < -0.39 is 10.0 Å². The average molecular weight is 321 g/mol. The maximum absolute atomic E-state index is 11.8. The lowest BCUT2D eigenvalue weighted by Crippen LogP contribution is -2.15. The fourth-order valence-electron chi connectivity index (χ4n) is 2.88. The first-order valence-electron chi connectivity index (χ1n) is 7.23. The minimum Gasteiger partial charge on any atom is -0.497 e. The van der Waals surface area contributed by atoms with Crippen molar-refractivity contribution in [2.24, 2.45) is 5.14 Å². The number of primary sulfonamides is 1. The third-order valence-electron chi connectivity index (χ3n) is 3.97. The van der Waals surface area contributed by atoms with Crippen molar-refractivity contribution in [2.75, 3.05) is 7.11 Å². The number of aromatic nitrogens is 2. The second-order valence-corrected chi connectivity index (χ2v) is 6.96. The van der Waals surface area contributed by atoms with Crippen LogP contribution in [0.2, 0.25) is 0 Å². The molecule has 0 amide bonds. The quantitative estimate of drug-likeness (QED) is 0.923. The molecule has 0 aliphatic carbocycles. The SMILES string of the molecule is COc1ccc(Cc2c(S(N)(=O)=O)nn3c2CCCC3)cc1. The molecule has 1 aliphatic rings. The highest BCUT2D eigenvalue weighted by Gasteiger charge is 2.26. The highest BCUT2D eigenvalue weighted by molar-refractivity contribution is 7.89. The van der Waals surface area contributed by atoms with E-state index in [-0.39, 0.29) is 5.03 Å². The van der Waals surface area contributed by atoms with Gasteiger partial charge in [-0.05, 0) is 37.0 Å². The predicted molar refractivity (Wildman–Crippen MR) is 82.3 cm³/mol. The number of nitrogens with two attached hydrogens (primary N) is 1. The van der Waals surface area contributed by atoms with Crippen LogP contribution in [0.4, 0.5) is 0 Å². The summed E-state index contributed by atoms with van der Waals surface area (Å²) in [5, 5.41) is 9.59. The summed E-state index contributed by atoms with van der Waals surface area (Å²) in [5.74, 6) is 0.771. The van der Waals surface area contributed by atoms with Crippen molar-refractivity contribution in [3.8, 4) is 5.75 Å². The minimum atomic E-state index is -3.82. The van der Waals surface area contributed by atoms with Crippen molar-refractivity contribution >= 4 is 10.0 Å². The summed E-state index contributed by atoms with van der Waals surface area (Å²) in [6, 6.07) is 7.58. The maximum Gasteiger partial charge on any atom is 0.257 e. The standard InChI is InChI=1S/C15H19N3O3S/c1-21-12-7-5-11(6-8-12)10-13-14-4-2-3-9-18(14)17-15(13)22(16,19)20/h5-8H,2-4,9-10H2,1H3,(H2,16,19,20). The van der Waals surface area contributed by atoms with Gasteiger partial charge in [-0.25, -0.2) is 13.6 Å². The molecule has 6 nitrogen and oxygen atoms in total. The summed E-state index contributed by atoms with van der Waals surface area (Å²) >= 11 is 0. The van der Waals surface area contributed by atoms with Gasteiger partial charge >= 0.3 is 0 Å². The van der Waals surface area contributed by atoms with Gasteiger partial charge in [0.15, 0.2) is 5.03 Å². The lowest BCUT2D eigenvalue weighted by molar-refractivity contribution is 0.414. The Morgan fingerprint density at radius 2 is 2.00 bits per heavy atom. The number of sulfonamides is 1. The molecule has 1 aromatic carbocycles. The van der Waals surface area contributed by atoms with E-state index in [0.29, 0.717) is 6.42 Å². The number of methoxy groups -OCH3 is 1. The molecule has 7 heteroatoms. The molecule has 0 spiro atoms. The van der Waals surface area contributed by atoms with Crippen molar-refractivity contribution in [1.29, 1.82) is 0 Å². The lowest BCUT2D eigenvalue weighted by Gasteiger charge is -2.14. The number of benzene rings is 1. The fraction of sp³-hybridized carbons (Fsp3) is 0.400. The molecule has 0 fully saturated rings. The largest absolute Gasteiger partial charge is 0.497 e. The van der Waals surface area contributed by atoms with Crippen LogP contribution in [-0.4, -0.2) is 25.3 Å². The molecule has 0 saturated carbocycles. The summed E-state index contributed by atoms with van der Waals surface area (Å²) in [5.41, 5.74) is 2.73. The molecular weight excluding hydrogens is 302 g/mol. The first kappa shape index (κ1) is 15.1. The summed E-state index contributed by atoms with van der Waals surface area (Å²) in [4.78, 5) is 0. The Morgan fingerprint density at radius 3 is 2.64 bits per heavy atom. The zero-order valence-electron chi connectivity index (χ0n) is 12.4. The Morgan fingerprint density at radius 1 is 1.27 bits per heavy atom. The molecule has 118 valence electrons. The Labute approximate surface area is 129 Å². The maximum atomic E-state index is 11.8. The molecule has 2 heterocycles. The van der Waals surface area contributed by atoms with E-state index in [1.807, 2.05) is 24.3 Å². The van der Waals surface area contributed by atoms with Gasteiger partial charge in [0.25, 0.3) is 10.0 Å². The third-order valence-corrected chi connectivity index (χ3v) is 4.84. The molecule has 3 rings (SSSR count). The van der Waals surface area contributed by atoms with Crippen LogP contribution in [0.5, 0.6) is 5.75 Å². The number of fused-ring (bicyclic) bond motifs is 1. The van der Waals surface area contributed by atoms with Crippen LogP contribution in [0.15, 0.2) is 29.3 Å². The Balaban J connectivity index is 2.02. The molecule has 0 bridgehead atoms. The monoisotopic (exact) mass is 321 g/mol. The van der Waals surface area contributed by atoms with Gasteiger partial charge in [0.1, 0.15) is 5.75 Å². The Hall–Kier alpha value is -1.86. The number of hydrogen-bond acceptors (Lipinski definition) is 4. The lowest BCUT2D eigenvalue weighted by atomic mass is 10.0. The molecule has 0 atom stereocenters. The van der Waals surface area contributed by atoms with E-state index in [1.54, 1.807) is 11.8 Å². The van der Waals surface area contributed by atoms with Gasteiger partial charge in [0.2, 0.25) is 0 Å². The van der Waals surface area contributed by atoms with Gasteiger partial charge in [0, 0.05) is 24.2 Å². The van der Waals surface area contributed by atoms with E-state index >= 15 is 0 Å². The molecule has 2 N–H and O–H groups in total. The normalized spacial score (nSPS) is 14.6. The van der Waals surface area contributed by atoms with Gasteiger partial charge in [-0.1, -0.05) is 12.1 Å². The van der Waals surface area contributed by atoms with Crippen molar-refractivity contribution in [1.82, 2.24) is 9.78 Å². The van der Waals surface area contributed by atoms with Crippen molar-refractivity contribution < 1.29 is 13.2 Å². The summed E-state index contributed by atoms with van der Waals surface area (Å²) in [6.45, 7) is 0.750. The Kier molecular flexibility index (Phi) is 3.92. The van der Waals surface area contributed by atoms with E-state index in [1.165, 1.54) is 0 Å². The summed E-state index contributed by atoms with van der Waals surface area (Å²) in [7, 11) is -2.20. The minimum absolute atomic E-state index is 0.0141. The van der Waals surface area contributed by atoms with Gasteiger partial charge < -0.3 is 4.74 Å². The van der Waals surface area contributed by atoms with Gasteiger partial charge in [-0.3, -0.25) is 4.68 Å². The first-order chi connectivity index (χ1) is 10.5. The van der Waals surface area contributed by atoms with E-state index in [9.17, 15) is 8.42 Å². The fourth-order valence-corrected chi connectivity index (χ4v) is 3.63. The van der Waals surface area contributed by atoms with Gasteiger partial charge in [-0.15, -0.1) is 0 Å². The molecule has 0 unspecified atom stereocenters. The van der Waals surface area contributed by atoms with Gasteiger partial charge in [0.05, 0.1) is 7.11 Å². The van der Waals surface area contributed by atoms with Crippen molar-refractivity contribution in [2.45, 2.75) is 37.3 Å². The van der Waals surface area contributed by atoms with Crippen LogP contribution < -0.4 is 9.88 Å². The molecule has 22 heavy (non-hydrogen) atoms. The molecule has 0 radical (unpaired) electrons. The average Bonchev–Trinajstić information content (AvgIpc) is 2.87. The van der Waals surface area contributed by atoms with Crippen LogP contribution in [0.3, 0.4) is 0 Å². The Bertz CT molecular complexity index is 779. The molecule has 1 aliphatic heterocycles. The molecule has 2 aromatic rings. The second-order valence-electron chi connectivity index (χ2n) is 5.48. The predicted octanol–water partition coefficient (Wildman–Crippen LogP) is 1.47. The van der Waals surface area contributed by atoms with E-state index in [0.717, 1.165) is 48.4 Å². The van der Waals surface area contributed by atoms with Crippen LogP contribution >= 0.6 is 0 Å². The molecular formula is C15H19N3O3S. The zero-order valence-corrected chi connectivity index (χ0v) is 13.3. The number of hydrogen-bond donors (Lipinski definition) is 1. The van der Waals surface area contributed by atoms with Gasteiger partial charge in [-0.2, -0.15) is 5.10 Å². The van der Waals surface area contributed by atoms with E-state index in [2.05, 4.69) is 5.10 Å². The summed E-state index contributed by atoms with van der Waals surface area (Å²) < 4.78 is 30.6. The summed E-state index contributed by atoms with van der Waals surface area (Å²) in [6.07, 6.45) is 3.41. The molecule has 0 saturated heterocycles. The second kappa shape index (κ2) is 5.73. The number of rotatable bonds is 4. The van der Waals surface area contributed by atoms with Crippen LogP contribution in [0.25, 0.3) is 0 Å². The van der Waals surface area contributed by atoms with Crippen LogP contribution in [0, 0.1) is 0 Å². The molecule has 1 aromatic heterocycles. The number of nitrogens with zero attached hydrogens (tertiary/aromatic N) is 2. The van der Waals surface area contributed by atoms with Crippen LogP contribution in [-0.2, 0) is 29.4 Å². The smallest absolute Gasteiger partial charge is 0.257 e. The highest BCUT2D eigenvalue weighted by Crippen LogP contribution is 2.27. The number of aryl methyl sites for hydroxylation is 1. The highest BCUT2D eigenvalue weighted by atomic mass is 32.2. The third kappa shape index (κ3) is 2.86. The van der Waals surface area contributed by atoms with Crippen molar-refractivity contribution in [3.05, 3.63) is 41.1 Å². The number of ether oxygens (including phenoxy) is 1. The van der Waals surface area contributed by atoms with Crippen LogP contribution in [0.1, 0.15) is 29.7 Å². The first-order valence-corrected chi connectivity index (χ1v) is 8.78. The van der Waals surface area contributed by atoms with E-state index in [4.69, 9.17) is 9.88 Å².